The number of aromatic nitrogens is 2. The molecule has 1 aromatic heterocycles. The summed E-state index contributed by atoms with van der Waals surface area (Å²) in [6.45, 7) is 4.73. The molecule has 3 nitrogen and oxygen atoms in total. The molecule has 0 bridgehead atoms. The zero-order valence-corrected chi connectivity index (χ0v) is 16.8. The maximum absolute atomic E-state index is 4.92. The van der Waals surface area contributed by atoms with Crippen LogP contribution < -0.4 is 5.32 Å². The number of fused-ring (bicyclic) bond motifs is 1. The standard InChI is InChI=1S/C22H24BrN3/c1-14-6-5-9-19(15(14)2)24-22-18-7-3-4-8-20(18)25-21(26-22)16-10-12-17(23)13-11-16/h3-4,7-8,10-15,19H,5-6,9H2,1-2H3,(H,24,25,26). The van der Waals surface area contributed by atoms with Crippen LogP contribution in [0.2, 0.25) is 0 Å². The molecule has 2 aromatic carbocycles. The van der Waals surface area contributed by atoms with Crippen molar-refractivity contribution in [3.05, 3.63) is 53.0 Å². The van der Waals surface area contributed by atoms with Gasteiger partial charge in [0.2, 0.25) is 0 Å². The molecule has 1 aliphatic rings. The highest BCUT2D eigenvalue weighted by atomic mass is 79.9. The Hall–Kier alpha value is -1.94. The molecule has 3 aromatic rings. The summed E-state index contributed by atoms with van der Waals surface area (Å²) >= 11 is 3.50. The molecule has 0 amide bonds. The number of halogens is 1. The molecule has 1 heterocycles. The van der Waals surface area contributed by atoms with Gasteiger partial charge in [-0.2, -0.15) is 0 Å². The average molecular weight is 410 g/mol. The number of nitrogens with zero attached hydrogens (tertiary/aromatic N) is 2. The number of para-hydroxylation sites is 1. The van der Waals surface area contributed by atoms with Gasteiger partial charge < -0.3 is 5.32 Å². The van der Waals surface area contributed by atoms with Crippen LogP contribution in [0.4, 0.5) is 5.82 Å². The van der Waals surface area contributed by atoms with Gasteiger partial charge in [0, 0.05) is 21.5 Å². The van der Waals surface area contributed by atoms with Crippen molar-refractivity contribution in [1.29, 1.82) is 0 Å². The highest BCUT2D eigenvalue weighted by molar-refractivity contribution is 9.10. The van der Waals surface area contributed by atoms with Crippen molar-refractivity contribution in [2.75, 3.05) is 5.32 Å². The van der Waals surface area contributed by atoms with Crippen molar-refractivity contribution in [1.82, 2.24) is 9.97 Å². The molecular formula is C22H24BrN3. The summed E-state index contributed by atoms with van der Waals surface area (Å²) in [6.07, 6.45) is 3.82. The molecule has 26 heavy (non-hydrogen) atoms. The van der Waals surface area contributed by atoms with Gasteiger partial charge in [-0.1, -0.05) is 66.9 Å². The number of nitrogens with one attached hydrogen (secondary N) is 1. The maximum atomic E-state index is 4.92. The third-order valence-electron chi connectivity index (χ3n) is 5.73. The van der Waals surface area contributed by atoms with Crippen molar-refractivity contribution in [3.63, 3.8) is 0 Å². The Balaban J connectivity index is 1.76. The fraction of sp³-hybridized carbons (Fsp3) is 0.364. The molecule has 3 unspecified atom stereocenters. The van der Waals surface area contributed by atoms with E-state index in [0.29, 0.717) is 12.0 Å². The van der Waals surface area contributed by atoms with Gasteiger partial charge in [0.05, 0.1) is 5.52 Å². The molecule has 1 fully saturated rings. The lowest BCUT2D eigenvalue weighted by atomic mass is 9.78. The molecule has 1 aliphatic carbocycles. The molecule has 1 N–H and O–H groups in total. The van der Waals surface area contributed by atoms with E-state index in [-0.39, 0.29) is 0 Å². The van der Waals surface area contributed by atoms with Gasteiger partial charge in [-0.3, -0.25) is 0 Å². The Morgan fingerprint density at radius 2 is 1.73 bits per heavy atom. The van der Waals surface area contributed by atoms with Crippen LogP contribution in [-0.2, 0) is 0 Å². The molecule has 4 rings (SSSR count). The largest absolute Gasteiger partial charge is 0.366 e. The first-order chi connectivity index (χ1) is 12.6. The van der Waals surface area contributed by atoms with E-state index in [4.69, 9.17) is 9.97 Å². The van der Waals surface area contributed by atoms with Crippen molar-refractivity contribution in [3.8, 4) is 11.4 Å². The highest BCUT2D eigenvalue weighted by Crippen LogP contribution is 2.33. The van der Waals surface area contributed by atoms with Crippen molar-refractivity contribution >= 4 is 32.7 Å². The lowest BCUT2D eigenvalue weighted by Gasteiger charge is -2.35. The van der Waals surface area contributed by atoms with E-state index in [0.717, 1.165) is 38.5 Å². The van der Waals surface area contributed by atoms with Gasteiger partial charge in [0.15, 0.2) is 5.82 Å². The maximum Gasteiger partial charge on any atom is 0.162 e. The first kappa shape index (κ1) is 17.5. The first-order valence-electron chi connectivity index (χ1n) is 9.41. The normalized spacial score (nSPS) is 23.1. The third-order valence-corrected chi connectivity index (χ3v) is 6.26. The van der Waals surface area contributed by atoms with E-state index >= 15 is 0 Å². The number of anilines is 1. The molecule has 0 saturated heterocycles. The number of hydrogen-bond acceptors (Lipinski definition) is 3. The SMILES string of the molecule is CC1CCCC(Nc2nc(-c3ccc(Br)cc3)nc3ccccc23)C1C. The molecule has 0 aliphatic heterocycles. The second kappa shape index (κ2) is 7.36. The third kappa shape index (κ3) is 3.48. The monoisotopic (exact) mass is 409 g/mol. The van der Waals surface area contributed by atoms with Gasteiger partial charge >= 0.3 is 0 Å². The fourth-order valence-corrected chi connectivity index (χ4v) is 4.14. The van der Waals surface area contributed by atoms with Gasteiger partial charge in [-0.05, 0) is 42.5 Å². The van der Waals surface area contributed by atoms with Crippen LogP contribution in [0.1, 0.15) is 33.1 Å². The minimum Gasteiger partial charge on any atom is -0.366 e. The molecule has 1 saturated carbocycles. The second-order valence-corrected chi connectivity index (χ2v) is 8.35. The van der Waals surface area contributed by atoms with Crippen LogP contribution in [0.3, 0.4) is 0 Å². The molecular weight excluding hydrogens is 386 g/mol. The van der Waals surface area contributed by atoms with Gasteiger partial charge in [0.25, 0.3) is 0 Å². The number of hydrogen-bond donors (Lipinski definition) is 1. The summed E-state index contributed by atoms with van der Waals surface area (Å²) in [5, 5.41) is 4.86. The van der Waals surface area contributed by atoms with Crippen LogP contribution in [0.15, 0.2) is 53.0 Å². The summed E-state index contributed by atoms with van der Waals surface area (Å²) in [4.78, 5) is 9.71. The fourth-order valence-electron chi connectivity index (χ4n) is 3.88. The Labute approximate surface area is 163 Å². The molecule has 0 spiro atoms. The first-order valence-corrected chi connectivity index (χ1v) is 10.2. The summed E-state index contributed by atoms with van der Waals surface area (Å²) in [5.74, 6) is 3.13. The summed E-state index contributed by atoms with van der Waals surface area (Å²) in [6, 6.07) is 16.9. The highest BCUT2D eigenvalue weighted by Gasteiger charge is 2.27. The molecule has 3 atom stereocenters. The molecule has 4 heteroatoms. The predicted molar refractivity (Wildman–Crippen MR) is 112 cm³/mol. The summed E-state index contributed by atoms with van der Waals surface area (Å²) in [5.41, 5.74) is 2.02. The minimum absolute atomic E-state index is 0.467. The summed E-state index contributed by atoms with van der Waals surface area (Å²) < 4.78 is 1.06. The van der Waals surface area contributed by atoms with E-state index in [1.807, 2.05) is 18.2 Å². The number of benzene rings is 2. The van der Waals surface area contributed by atoms with Crippen LogP contribution in [0.25, 0.3) is 22.3 Å². The number of rotatable bonds is 3. The average Bonchev–Trinajstić information content (AvgIpc) is 2.66. The quantitative estimate of drug-likeness (QED) is 0.551. The Morgan fingerprint density at radius 3 is 2.54 bits per heavy atom. The van der Waals surface area contributed by atoms with Gasteiger partial charge in [0.1, 0.15) is 5.82 Å². The van der Waals surface area contributed by atoms with Gasteiger partial charge in [-0.15, -0.1) is 0 Å². The topological polar surface area (TPSA) is 37.8 Å². The van der Waals surface area contributed by atoms with E-state index < -0.39 is 0 Å². The van der Waals surface area contributed by atoms with Crippen molar-refractivity contribution < 1.29 is 0 Å². The zero-order valence-electron chi connectivity index (χ0n) is 15.2. The Bertz CT molecular complexity index is 907. The van der Waals surface area contributed by atoms with E-state index in [1.54, 1.807) is 0 Å². The van der Waals surface area contributed by atoms with Crippen LogP contribution in [0.5, 0.6) is 0 Å². The van der Waals surface area contributed by atoms with Crippen LogP contribution in [0, 0.1) is 11.8 Å². The Morgan fingerprint density at radius 1 is 0.962 bits per heavy atom. The predicted octanol–water partition coefficient (Wildman–Crippen LogP) is 6.30. The van der Waals surface area contributed by atoms with Crippen LogP contribution >= 0.6 is 15.9 Å². The lowest BCUT2D eigenvalue weighted by Crippen LogP contribution is -2.35. The van der Waals surface area contributed by atoms with Crippen LogP contribution in [-0.4, -0.2) is 16.0 Å². The minimum atomic E-state index is 0.467. The Kier molecular flexibility index (Phi) is 4.94. The van der Waals surface area contributed by atoms with Crippen molar-refractivity contribution in [2.24, 2.45) is 11.8 Å². The van der Waals surface area contributed by atoms with E-state index in [1.165, 1.54) is 19.3 Å². The summed E-state index contributed by atoms with van der Waals surface area (Å²) in [7, 11) is 0. The molecule has 0 radical (unpaired) electrons. The second-order valence-electron chi connectivity index (χ2n) is 7.44. The van der Waals surface area contributed by atoms with E-state index in [9.17, 15) is 0 Å². The van der Waals surface area contributed by atoms with Crippen molar-refractivity contribution in [2.45, 2.75) is 39.2 Å². The van der Waals surface area contributed by atoms with E-state index in [2.05, 4.69) is 65.4 Å². The van der Waals surface area contributed by atoms with Gasteiger partial charge in [-0.25, -0.2) is 9.97 Å². The smallest absolute Gasteiger partial charge is 0.162 e. The molecule has 134 valence electrons. The lowest BCUT2D eigenvalue weighted by molar-refractivity contribution is 0.253. The zero-order chi connectivity index (χ0) is 18.1.